The number of hydrogen-bond donors (Lipinski definition) is 2. The van der Waals surface area contributed by atoms with E-state index in [0.29, 0.717) is 25.6 Å². The van der Waals surface area contributed by atoms with Crippen LogP contribution < -0.4 is 10.6 Å². The molecule has 0 bridgehead atoms. The third-order valence-corrected chi connectivity index (χ3v) is 4.82. The zero-order valence-electron chi connectivity index (χ0n) is 12.4. The zero-order chi connectivity index (χ0) is 15.3. The maximum atomic E-state index is 11.7. The highest BCUT2D eigenvalue weighted by atomic mass is 32.2. The summed E-state index contributed by atoms with van der Waals surface area (Å²) in [6.45, 7) is 1.68. The molecule has 0 amide bonds. The van der Waals surface area contributed by atoms with Gasteiger partial charge in [-0.2, -0.15) is 4.31 Å². The van der Waals surface area contributed by atoms with Gasteiger partial charge in [0.1, 0.15) is 5.76 Å². The van der Waals surface area contributed by atoms with Crippen molar-refractivity contribution >= 4 is 16.0 Å². The molecule has 0 spiro atoms. The fraction of sp³-hybridized carbons (Fsp3) is 0.615. The molecule has 8 heteroatoms. The molecule has 2 heterocycles. The number of rotatable bonds is 5. The van der Waals surface area contributed by atoms with Crippen LogP contribution in [0.15, 0.2) is 27.8 Å². The second kappa shape index (κ2) is 6.95. The van der Waals surface area contributed by atoms with Gasteiger partial charge in [0.05, 0.1) is 19.1 Å². The number of nitrogens with one attached hydrogen (secondary N) is 2. The highest BCUT2D eigenvalue weighted by Crippen LogP contribution is 2.19. The van der Waals surface area contributed by atoms with Gasteiger partial charge in [0.15, 0.2) is 5.96 Å². The molecule has 1 aromatic rings. The Morgan fingerprint density at radius 2 is 2.33 bits per heavy atom. The lowest BCUT2D eigenvalue weighted by Gasteiger charge is -2.23. The molecule has 1 fully saturated rings. The number of aliphatic imine (C=N–C) groups is 1. The lowest BCUT2D eigenvalue weighted by atomic mass is 10.2. The minimum Gasteiger partial charge on any atom is -0.467 e. The molecule has 0 unspecified atom stereocenters. The Kier molecular flexibility index (Phi) is 5.24. The summed E-state index contributed by atoms with van der Waals surface area (Å²) in [7, 11) is -1.46. The van der Waals surface area contributed by atoms with Crippen molar-refractivity contribution in [2.75, 3.05) is 26.4 Å². The van der Waals surface area contributed by atoms with E-state index in [1.165, 1.54) is 6.26 Å². The van der Waals surface area contributed by atoms with Crippen LogP contribution >= 0.6 is 0 Å². The van der Waals surface area contributed by atoms with Crippen LogP contribution in [0, 0.1) is 0 Å². The highest BCUT2D eigenvalue weighted by Gasteiger charge is 2.31. The third kappa shape index (κ3) is 4.47. The van der Waals surface area contributed by atoms with Crippen LogP contribution in [-0.2, 0) is 16.6 Å². The maximum absolute atomic E-state index is 11.7. The number of nitrogens with zero attached hydrogens (tertiary/aromatic N) is 2. The Balaban J connectivity index is 1.83. The maximum Gasteiger partial charge on any atom is 0.211 e. The quantitative estimate of drug-likeness (QED) is 0.606. The van der Waals surface area contributed by atoms with Crippen molar-refractivity contribution in [1.82, 2.24) is 14.9 Å². The highest BCUT2D eigenvalue weighted by molar-refractivity contribution is 7.88. The fourth-order valence-corrected chi connectivity index (χ4v) is 3.65. The van der Waals surface area contributed by atoms with Crippen molar-refractivity contribution in [3.8, 4) is 0 Å². The summed E-state index contributed by atoms with van der Waals surface area (Å²) < 4.78 is 30.1. The zero-order valence-corrected chi connectivity index (χ0v) is 13.2. The van der Waals surface area contributed by atoms with Crippen LogP contribution in [0.1, 0.15) is 18.6 Å². The van der Waals surface area contributed by atoms with E-state index in [1.807, 2.05) is 12.1 Å². The molecule has 0 aliphatic carbocycles. The summed E-state index contributed by atoms with van der Waals surface area (Å²) in [4.78, 5) is 4.12. The molecule has 2 rings (SSSR count). The smallest absolute Gasteiger partial charge is 0.211 e. The van der Waals surface area contributed by atoms with Gasteiger partial charge < -0.3 is 15.1 Å². The number of hydrogen-bond acceptors (Lipinski definition) is 4. The van der Waals surface area contributed by atoms with Crippen LogP contribution in [0.2, 0.25) is 0 Å². The first-order valence-corrected chi connectivity index (χ1v) is 8.79. The van der Waals surface area contributed by atoms with Gasteiger partial charge in [-0.15, -0.1) is 0 Å². The standard InChI is InChI=1S/C13H22N4O3S/c1-14-13(16-10-12-6-4-8-20-12)15-9-11-5-3-7-17(11)21(2,18)19/h4,6,8,11H,3,5,7,9-10H2,1-2H3,(H2,14,15,16)/t11-/m1/s1. The molecule has 0 aromatic carbocycles. The van der Waals surface area contributed by atoms with E-state index in [0.717, 1.165) is 18.6 Å². The predicted molar refractivity (Wildman–Crippen MR) is 81.5 cm³/mol. The SMILES string of the molecule is CN=C(NCc1ccco1)NC[C@H]1CCCN1S(C)(=O)=O. The number of sulfonamides is 1. The van der Waals surface area contributed by atoms with Crippen LogP contribution in [-0.4, -0.2) is 51.1 Å². The fourth-order valence-electron chi connectivity index (χ4n) is 2.47. The monoisotopic (exact) mass is 314 g/mol. The average molecular weight is 314 g/mol. The first kappa shape index (κ1) is 15.8. The van der Waals surface area contributed by atoms with Gasteiger partial charge in [-0.25, -0.2) is 8.42 Å². The van der Waals surface area contributed by atoms with E-state index < -0.39 is 10.0 Å². The van der Waals surface area contributed by atoms with Crippen molar-refractivity contribution in [2.45, 2.75) is 25.4 Å². The molecule has 0 saturated carbocycles. The lowest BCUT2D eigenvalue weighted by molar-refractivity contribution is 0.387. The van der Waals surface area contributed by atoms with E-state index in [-0.39, 0.29) is 6.04 Å². The van der Waals surface area contributed by atoms with Crippen LogP contribution in [0.5, 0.6) is 0 Å². The summed E-state index contributed by atoms with van der Waals surface area (Å²) in [5.74, 6) is 1.45. The molecule has 1 atom stereocenters. The molecule has 118 valence electrons. The predicted octanol–water partition coefficient (Wildman–Crippen LogP) is 0.369. The Morgan fingerprint density at radius 1 is 1.52 bits per heavy atom. The number of furan rings is 1. The molecule has 1 saturated heterocycles. The minimum atomic E-state index is -3.14. The molecule has 21 heavy (non-hydrogen) atoms. The van der Waals surface area contributed by atoms with E-state index >= 15 is 0 Å². The van der Waals surface area contributed by atoms with Gasteiger partial charge >= 0.3 is 0 Å². The first-order valence-electron chi connectivity index (χ1n) is 6.94. The summed E-state index contributed by atoms with van der Waals surface area (Å²) in [6, 6.07) is 3.69. The lowest BCUT2D eigenvalue weighted by Crippen LogP contribution is -2.46. The van der Waals surface area contributed by atoms with Crippen LogP contribution in [0.4, 0.5) is 0 Å². The van der Waals surface area contributed by atoms with E-state index in [1.54, 1.807) is 17.6 Å². The van der Waals surface area contributed by atoms with Crippen molar-refractivity contribution in [1.29, 1.82) is 0 Å². The molecule has 1 aliphatic rings. The van der Waals surface area contributed by atoms with Gasteiger partial charge in [-0.1, -0.05) is 0 Å². The van der Waals surface area contributed by atoms with E-state index in [2.05, 4.69) is 15.6 Å². The van der Waals surface area contributed by atoms with Gasteiger partial charge in [0.25, 0.3) is 0 Å². The Labute approximate surface area is 125 Å². The van der Waals surface area contributed by atoms with E-state index in [4.69, 9.17) is 4.42 Å². The molecule has 0 radical (unpaired) electrons. The summed E-state index contributed by atoms with van der Waals surface area (Å²) >= 11 is 0. The normalized spacial score (nSPS) is 20.7. The second-order valence-electron chi connectivity index (χ2n) is 5.06. The molecule has 1 aliphatic heterocycles. The molecule has 2 N–H and O–H groups in total. The minimum absolute atomic E-state index is 0.0119. The van der Waals surface area contributed by atoms with Gasteiger partial charge in [0.2, 0.25) is 10.0 Å². The van der Waals surface area contributed by atoms with Gasteiger partial charge in [-0.3, -0.25) is 4.99 Å². The average Bonchev–Trinajstić information content (AvgIpc) is 3.09. The molecule has 1 aromatic heterocycles. The summed E-state index contributed by atoms with van der Waals surface area (Å²) in [5.41, 5.74) is 0. The Morgan fingerprint density at radius 3 is 2.95 bits per heavy atom. The van der Waals surface area contributed by atoms with Crippen molar-refractivity contribution in [3.05, 3.63) is 24.2 Å². The molecular formula is C13H22N4O3S. The van der Waals surface area contributed by atoms with Crippen molar-refractivity contribution in [2.24, 2.45) is 4.99 Å². The first-order chi connectivity index (χ1) is 10.0. The molecule has 7 nitrogen and oxygen atoms in total. The topological polar surface area (TPSA) is 86.9 Å². The number of guanidine groups is 1. The third-order valence-electron chi connectivity index (χ3n) is 3.49. The molecular weight excluding hydrogens is 292 g/mol. The van der Waals surface area contributed by atoms with Crippen LogP contribution in [0.3, 0.4) is 0 Å². The summed E-state index contributed by atoms with van der Waals surface area (Å²) in [5, 5.41) is 6.29. The van der Waals surface area contributed by atoms with Crippen molar-refractivity contribution < 1.29 is 12.8 Å². The Hall–Kier alpha value is -1.54. The van der Waals surface area contributed by atoms with Gasteiger partial charge in [-0.05, 0) is 25.0 Å². The Bertz CT molecular complexity index is 568. The van der Waals surface area contributed by atoms with E-state index in [9.17, 15) is 8.42 Å². The second-order valence-corrected chi connectivity index (χ2v) is 6.99. The summed E-state index contributed by atoms with van der Waals surface area (Å²) in [6.07, 6.45) is 4.65. The van der Waals surface area contributed by atoms with Gasteiger partial charge in [0, 0.05) is 26.2 Å². The largest absolute Gasteiger partial charge is 0.467 e. The van der Waals surface area contributed by atoms with Crippen molar-refractivity contribution in [3.63, 3.8) is 0 Å². The van der Waals surface area contributed by atoms with Crippen LogP contribution in [0.25, 0.3) is 0 Å².